The number of hydrogen-bond acceptors (Lipinski definition) is 2. The van der Waals surface area contributed by atoms with E-state index in [4.69, 9.17) is 0 Å². The predicted octanol–water partition coefficient (Wildman–Crippen LogP) is 2.13. The zero-order chi connectivity index (χ0) is 8.27. The molecule has 2 heteroatoms. The predicted molar refractivity (Wildman–Crippen MR) is 53.2 cm³/mol. The molecule has 0 aromatic rings. The van der Waals surface area contributed by atoms with E-state index in [0.717, 1.165) is 17.2 Å². The van der Waals surface area contributed by atoms with Crippen LogP contribution in [0.2, 0.25) is 0 Å². The van der Waals surface area contributed by atoms with Crippen molar-refractivity contribution in [2.45, 2.75) is 38.5 Å². The lowest BCUT2D eigenvalue weighted by Gasteiger charge is -2.31. The zero-order valence-electron chi connectivity index (χ0n) is 7.76. The molecule has 1 fully saturated rings. The molecular weight excluding hydrogens is 154 g/mol. The molecule has 0 saturated carbocycles. The van der Waals surface area contributed by atoms with Crippen LogP contribution in [0, 0.1) is 5.92 Å². The van der Waals surface area contributed by atoms with Crippen molar-refractivity contribution in [2.75, 3.05) is 12.3 Å². The summed E-state index contributed by atoms with van der Waals surface area (Å²) < 4.78 is 0. The van der Waals surface area contributed by atoms with Gasteiger partial charge in [-0.1, -0.05) is 20.8 Å². The average Bonchev–Trinajstić information content (AvgIpc) is 2.05. The van der Waals surface area contributed by atoms with Crippen LogP contribution in [0.25, 0.3) is 0 Å². The summed E-state index contributed by atoms with van der Waals surface area (Å²) in [6, 6.07) is 0.773. The van der Waals surface area contributed by atoms with Gasteiger partial charge >= 0.3 is 0 Å². The number of thioether (sulfide) groups is 1. The molecule has 0 aromatic heterocycles. The largest absolute Gasteiger partial charge is 0.312 e. The van der Waals surface area contributed by atoms with Crippen LogP contribution < -0.4 is 5.32 Å². The lowest BCUT2D eigenvalue weighted by atomic mass is 10.1. The number of hydrogen-bond donors (Lipinski definition) is 1. The second kappa shape index (κ2) is 4.36. The third-order valence-corrected chi connectivity index (χ3v) is 4.09. The third-order valence-electron chi connectivity index (χ3n) is 2.36. The standard InChI is InChI=1S/C9H19NS/c1-4-8-6-11-9(5-10-8)7(2)3/h7-10H,4-6H2,1-3H3. The summed E-state index contributed by atoms with van der Waals surface area (Å²) in [6.45, 7) is 8.09. The number of nitrogens with one attached hydrogen (secondary N) is 1. The lowest BCUT2D eigenvalue weighted by Crippen LogP contribution is -2.42. The Balaban J connectivity index is 2.24. The van der Waals surface area contributed by atoms with Crippen molar-refractivity contribution in [1.82, 2.24) is 5.32 Å². The van der Waals surface area contributed by atoms with Crippen molar-refractivity contribution in [1.29, 1.82) is 0 Å². The minimum absolute atomic E-state index is 0.773. The second-order valence-corrected chi connectivity index (χ2v) is 4.90. The molecule has 1 aliphatic heterocycles. The summed E-state index contributed by atoms with van der Waals surface area (Å²) in [6.07, 6.45) is 1.28. The van der Waals surface area contributed by atoms with Crippen molar-refractivity contribution in [3.05, 3.63) is 0 Å². The maximum atomic E-state index is 3.58. The van der Waals surface area contributed by atoms with E-state index < -0.39 is 0 Å². The first-order chi connectivity index (χ1) is 5.24. The van der Waals surface area contributed by atoms with Gasteiger partial charge in [0, 0.05) is 23.6 Å². The van der Waals surface area contributed by atoms with Crippen LogP contribution in [-0.4, -0.2) is 23.6 Å². The van der Waals surface area contributed by atoms with Gasteiger partial charge < -0.3 is 5.32 Å². The summed E-state index contributed by atoms with van der Waals surface area (Å²) >= 11 is 2.14. The molecule has 66 valence electrons. The first-order valence-electron chi connectivity index (χ1n) is 4.59. The molecule has 0 spiro atoms. The van der Waals surface area contributed by atoms with Crippen LogP contribution >= 0.6 is 11.8 Å². The summed E-state index contributed by atoms with van der Waals surface area (Å²) in [5.41, 5.74) is 0. The molecule has 1 saturated heterocycles. The zero-order valence-corrected chi connectivity index (χ0v) is 8.58. The molecule has 1 aliphatic rings. The second-order valence-electron chi connectivity index (χ2n) is 3.63. The molecule has 0 aliphatic carbocycles. The molecule has 0 aromatic carbocycles. The highest BCUT2D eigenvalue weighted by atomic mass is 32.2. The van der Waals surface area contributed by atoms with Gasteiger partial charge in [-0.15, -0.1) is 0 Å². The normalized spacial score (nSPS) is 32.7. The fourth-order valence-corrected chi connectivity index (χ4v) is 2.76. The first-order valence-corrected chi connectivity index (χ1v) is 5.64. The Morgan fingerprint density at radius 2 is 2.27 bits per heavy atom. The smallest absolute Gasteiger partial charge is 0.0196 e. The summed E-state index contributed by atoms with van der Waals surface area (Å²) in [7, 11) is 0. The molecule has 1 heterocycles. The van der Waals surface area contributed by atoms with Crippen molar-refractivity contribution in [2.24, 2.45) is 5.92 Å². The Kier molecular flexibility index (Phi) is 3.73. The SMILES string of the molecule is CCC1CSC(C(C)C)CN1. The summed E-state index contributed by atoms with van der Waals surface area (Å²) in [5, 5.41) is 4.42. The molecule has 1 N–H and O–H groups in total. The monoisotopic (exact) mass is 173 g/mol. The van der Waals surface area contributed by atoms with E-state index >= 15 is 0 Å². The van der Waals surface area contributed by atoms with E-state index in [1.165, 1.54) is 18.7 Å². The van der Waals surface area contributed by atoms with Gasteiger partial charge in [0.25, 0.3) is 0 Å². The molecule has 0 amide bonds. The van der Waals surface area contributed by atoms with Gasteiger partial charge in [0.1, 0.15) is 0 Å². The van der Waals surface area contributed by atoms with E-state index in [0.29, 0.717) is 0 Å². The topological polar surface area (TPSA) is 12.0 Å². The van der Waals surface area contributed by atoms with Crippen LogP contribution in [0.1, 0.15) is 27.2 Å². The molecule has 1 nitrogen and oxygen atoms in total. The highest BCUT2D eigenvalue weighted by Crippen LogP contribution is 2.23. The van der Waals surface area contributed by atoms with Gasteiger partial charge in [-0.2, -0.15) is 11.8 Å². The van der Waals surface area contributed by atoms with E-state index in [1.807, 2.05) is 0 Å². The highest BCUT2D eigenvalue weighted by Gasteiger charge is 2.21. The van der Waals surface area contributed by atoms with Gasteiger partial charge in [0.15, 0.2) is 0 Å². The molecule has 2 unspecified atom stereocenters. The van der Waals surface area contributed by atoms with E-state index in [9.17, 15) is 0 Å². The fourth-order valence-electron chi connectivity index (χ4n) is 1.33. The quantitative estimate of drug-likeness (QED) is 0.686. The maximum absolute atomic E-state index is 3.58. The minimum Gasteiger partial charge on any atom is -0.312 e. The third kappa shape index (κ3) is 2.68. The van der Waals surface area contributed by atoms with Crippen molar-refractivity contribution in [3.8, 4) is 0 Å². The van der Waals surface area contributed by atoms with E-state index in [1.54, 1.807) is 0 Å². The Morgan fingerprint density at radius 1 is 1.55 bits per heavy atom. The van der Waals surface area contributed by atoms with Gasteiger partial charge in [-0.3, -0.25) is 0 Å². The Bertz CT molecular complexity index is 106. The van der Waals surface area contributed by atoms with Gasteiger partial charge in [0.05, 0.1) is 0 Å². The molecule has 0 radical (unpaired) electrons. The van der Waals surface area contributed by atoms with Crippen LogP contribution in [0.3, 0.4) is 0 Å². The first kappa shape index (κ1) is 9.40. The molecule has 0 bridgehead atoms. The molecule has 2 atom stereocenters. The van der Waals surface area contributed by atoms with Gasteiger partial charge in [-0.25, -0.2) is 0 Å². The van der Waals surface area contributed by atoms with Crippen molar-refractivity contribution >= 4 is 11.8 Å². The Morgan fingerprint density at radius 3 is 2.64 bits per heavy atom. The van der Waals surface area contributed by atoms with Crippen LogP contribution in [0.4, 0.5) is 0 Å². The fraction of sp³-hybridized carbons (Fsp3) is 1.00. The van der Waals surface area contributed by atoms with E-state index in [-0.39, 0.29) is 0 Å². The highest BCUT2D eigenvalue weighted by molar-refractivity contribution is 8.00. The average molecular weight is 173 g/mol. The van der Waals surface area contributed by atoms with Crippen LogP contribution in [0.5, 0.6) is 0 Å². The van der Waals surface area contributed by atoms with Crippen LogP contribution in [-0.2, 0) is 0 Å². The Labute approximate surface area is 74.3 Å². The van der Waals surface area contributed by atoms with Gasteiger partial charge in [-0.05, 0) is 12.3 Å². The van der Waals surface area contributed by atoms with Crippen LogP contribution in [0.15, 0.2) is 0 Å². The summed E-state index contributed by atoms with van der Waals surface area (Å²) in [5.74, 6) is 2.13. The molecular formula is C9H19NS. The minimum atomic E-state index is 0.773. The van der Waals surface area contributed by atoms with Crippen molar-refractivity contribution < 1.29 is 0 Å². The summed E-state index contributed by atoms with van der Waals surface area (Å²) in [4.78, 5) is 0. The van der Waals surface area contributed by atoms with E-state index in [2.05, 4.69) is 37.8 Å². The lowest BCUT2D eigenvalue weighted by molar-refractivity contribution is 0.474. The molecule has 11 heavy (non-hydrogen) atoms. The number of rotatable bonds is 2. The van der Waals surface area contributed by atoms with Gasteiger partial charge in [0.2, 0.25) is 0 Å². The Hall–Kier alpha value is 0.310. The van der Waals surface area contributed by atoms with Crippen molar-refractivity contribution in [3.63, 3.8) is 0 Å². The molecule has 1 rings (SSSR count). The maximum Gasteiger partial charge on any atom is 0.0196 e.